The van der Waals surface area contributed by atoms with Gasteiger partial charge in [-0.2, -0.15) is 0 Å². The zero-order chi connectivity index (χ0) is 20.5. The SMILES string of the molecule is O=C(NCCNC(=O)c1ccc(NC(=O)c2ccccn2)cc1)c1ccccc1. The predicted octanol–water partition coefficient (Wildman–Crippen LogP) is 2.49. The number of hydrogen-bond donors (Lipinski definition) is 3. The van der Waals surface area contributed by atoms with Gasteiger partial charge < -0.3 is 16.0 Å². The molecule has 2 aromatic carbocycles. The van der Waals surface area contributed by atoms with Gasteiger partial charge in [0.05, 0.1) is 0 Å². The van der Waals surface area contributed by atoms with E-state index in [4.69, 9.17) is 0 Å². The Balaban J connectivity index is 1.44. The van der Waals surface area contributed by atoms with Crippen molar-refractivity contribution in [1.82, 2.24) is 15.6 Å². The highest BCUT2D eigenvalue weighted by Gasteiger charge is 2.09. The summed E-state index contributed by atoms with van der Waals surface area (Å²) in [7, 11) is 0. The molecule has 0 saturated heterocycles. The van der Waals surface area contributed by atoms with E-state index in [9.17, 15) is 14.4 Å². The summed E-state index contributed by atoms with van der Waals surface area (Å²) in [6.45, 7) is 0.618. The molecule has 0 atom stereocenters. The van der Waals surface area contributed by atoms with Crippen LogP contribution in [0.4, 0.5) is 5.69 Å². The summed E-state index contributed by atoms with van der Waals surface area (Å²) in [5.41, 5.74) is 1.90. The molecule has 0 bridgehead atoms. The standard InChI is InChI=1S/C22H20N4O3/c27-20(16-6-2-1-3-7-16)24-14-15-25-21(28)17-9-11-18(12-10-17)26-22(29)19-8-4-5-13-23-19/h1-13H,14-15H2,(H,24,27)(H,25,28)(H,26,29). The summed E-state index contributed by atoms with van der Waals surface area (Å²) in [5, 5.41) is 8.21. The third-order valence-corrected chi connectivity index (χ3v) is 4.03. The van der Waals surface area contributed by atoms with Gasteiger partial charge in [0.2, 0.25) is 0 Å². The van der Waals surface area contributed by atoms with Gasteiger partial charge in [-0.15, -0.1) is 0 Å². The lowest BCUT2D eigenvalue weighted by Gasteiger charge is -2.08. The van der Waals surface area contributed by atoms with Crippen molar-refractivity contribution in [3.8, 4) is 0 Å². The molecular weight excluding hydrogens is 368 g/mol. The molecular formula is C22H20N4O3. The van der Waals surface area contributed by atoms with Crippen molar-refractivity contribution in [2.75, 3.05) is 18.4 Å². The first kappa shape index (κ1) is 19.8. The molecule has 7 nitrogen and oxygen atoms in total. The van der Waals surface area contributed by atoms with Gasteiger partial charge in [-0.1, -0.05) is 24.3 Å². The summed E-state index contributed by atoms with van der Waals surface area (Å²) < 4.78 is 0. The van der Waals surface area contributed by atoms with E-state index in [1.807, 2.05) is 6.07 Å². The fourth-order valence-corrected chi connectivity index (χ4v) is 2.54. The third kappa shape index (κ3) is 5.74. The van der Waals surface area contributed by atoms with E-state index in [0.29, 0.717) is 35.6 Å². The van der Waals surface area contributed by atoms with Crippen LogP contribution in [0.5, 0.6) is 0 Å². The van der Waals surface area contributed by atoms with Gasteiger partial charge in [0, 0.05) is 36.1 Å². The second-order valence-electron chi connectivity index (χ2n) is 6.12. The number of pyridine rings is 1. The van der Waals surface area contributed by atoms with Gasteiger partial charge in [0.1, 0.15) is 5.69 Å². The average molecular weight is 388 g/mol. The van der Waals surface area contributed by atoms with Crippen LogP contribution in [0, 0.1) is 0 Å². The van der Waals surface area contributed by atoms with E-state index < -0.39 is 0 Å². The number of anilines is 1. The minimum Gasteiger partial charge on any atom is -0.350 e. The van der Waals surface area contributed by atoms with E-state index >= 15 is 0 Å². The third-order valence-electron chi connectivity index (χ3n) is 4.03. The lowest BCUT2D eigenvalue weighted by atomic mass is 10.2. The monoisotopic (exact) mass is 388 g/mol. The van der Waals surface area contributed by atoms with E-state index in [2.05, 4.69) is 20.9 Å². The second-order valence-corrected chi connectivity index (χ2v) is 6.12. The van der Waals surface area contributed by atoms with Crippen LogP contribution in [0.3, 0.4) is 0 Å². The molecule has 1 aromatic heterocycles. The normalized spacial score (nSPS) is 10.1. The minimum absolute atomic E-state index is 0.187. The Morgan fingerprint density at radius 2 is 1.24 bits per heavy atom. The number of hydrogen-bond acceptors (Lipinski definition) is 4. The van der Waals surface area contributed by atoms with Crippen molar-refractivity contribution < 1.29 is 14.4 Å². The topological polar surface area (TPSA) is 100 Å². The van der Waals surface area contributed by atoms with Crippen molar-refractivity contribution in [3.05, 3.63) is 95.8 Å². The minimum atomic E-state index is -0.322. The maximum Gasteiger partial charge on any atom is 0.274 e. The summed E-state index contributed by atoms with van der Waals surface area (Å²) >= 11 is 0. The number of nitrogens with zero attached hydrogens (tertiary/aromatic N) is 1. The highest BCUT2D eigenvalue weighted by Crippen LogP contribution is 2.11. The number of carbonyl (C=O) groups is 3. The zero-order valence-corrected chi connectivity index (χ0v) is 15.6. The molecule has 3 N–H and O–H groups in total. The molecule has 146 valence electrons. The number of nitrogens with one attached hydrogen (secondary N) is 3. The molecule has 3 aromatic rings. The highest BCUT2D eigenvalue weighted by molar-refractivity contribution is 6.03. The number of benzene rings is 2. The fourth-order valence-electron chi connectivity index (χ4n) is 2.54. The molecule has 0 aliphatic heterocycles. The highest BCUT2D eigenvalue weighted by atomic mass is 16.2. The first-order valence-electron chi connectivity index (χ1n) is 9.07. The van der Waals surface area contributed by atoms with Crippen LogP contribution in [0.2, 0.25) is 0 Å². The average Bonchev–Trinajstić information content (AvgIpc) is 2.78. The second kappa shape index (κ2) is 9.80. The Morgan fingerprint density at radius 1 is 0.655 bits per heavy atom. The predicted molar refractivity (Wildman–Crippen MR) is 110 cm³/mol. The molecule has 0 spiro atoms. The molecule has 0 fully saturated rings. The summed E-state index contributed by atoms with van der Waals surface area (Å²) in [6.07, 6.45) is 1.55. The maximum absolute atomic E-state index is 12.2. The van der Waals surface area contributed by atoms with Crippen molar-refractivity contribution in [2.45, 2.75) is 0 Å². The quantitative estimate of drug-likeness (QED) is 0.542. The molecule has 1 heterocycles. The van der Waals surface area contributed by atoms with Crippen LogP contribution in [-0.2, 0) is 0 Å². The van der Waals surface area contributed by atoms with Crippen LogP contribution in [0.1, 0.15) is 31.2 Å². The van der Waals surface area contributed by atoms with Crippen LogP contribution in [0.15, 0.2) is 79.0 Å². The van der Waals surface area contributed by atoms with Gasteiger partial charge in [-0.25, -0.2) is 0 Å². The number of amides is 3. The molecule has 0 unspecified atom stereocenters. The molecule has 0 aliphatic rings. The van der Waals surface area contributed by atoms with Gasteiger partial charge in [0.25, 0.3) is 17.7 Å². The number of aromatic nitrogens is 1. The smallest absolute Gasteiger partial charge is 0.274 e. The van der Waals surface area contributed by atoms with Crippen LogP contribution < -0.4 is 16.0 Å². The van der Waals surface area contributed by atoms with Gasteiger partial charge in [-0.3, -0.25) is 19.4 Å². The van der Waals surface area contributed by atoms with Crippen LogP contribution in [-0.4, -0.2) is 35.8 Å². The van der Waals surface area contributed by atoms with Crippen molar-refractivity contribution in [3.63, 3.8) is 0 Å². The van der Waals surface area contributed by atoms with Crippen molar-refractivity contribution >= 4 is 23.4 Å². The molecule has 7 heteroatoms. The Kier molecular flexibility index (Phi) is 6.67. The molecule has 0 radical (unpaired) electrons. The van der Waals surface area contributed by atoms with Gasteiger partial charge in [-0.05, 0) is 48.5 Å². The van der Waals surface area contributed by atoms with E-state index in [0.717, 1.165) is 0 Å². The van der Waals surface area contributed by atoms with E-state index in [-0.39, 0.29) is 17.7 Å². The Morgan fingerprint density at radius 3 is 1.83 bits per heavy atom. The zero-order valence-electron chi connectivity index (χ0n) is 15.6. The summed E-state index contributed by atoms with van der Waals surface area (Å²) in [5.74, 6) is -0.772. The molecule has 0 saturated carbocycles. The maximum atomic E-state index is 12.2. The molecule has 3 amide bonds. The molecule has 3 rings (SSSR count). The van der Waals surface area contributed by atoms with Crippen molar-refractivity contribution in [2.24, 2.45) is 0 Å². The Labute approximate surface area is 168 Å². The van der Waals surface area contributed by atoms with Crippen molar-refractivity contribution in [1.29, 1.82) is 0 Å². The van der Waals surface area contributed by atoms with E-state index in [1.54, 1.807) is 72.9 Å². The summed E-state index contributed by atoms with van der Waals surface area (Å²) in [6, 6.07) is 20.5. The van der Waals surface area contributed by atoms with Crippen LogP contribution >= 0.6 is 0 Å². The van der Waals surface area contributed by atoms with Gasteiger partial charge >= 0.3 is 0 Å². The number of rotatable bonds is 7. The fraction of sp³-hybridized carbons (Fsp3) is 0.0909. The molecule has 29 heavy (non-hydrogen) atoms. The first-order chi connectivity index (χ1) is 14.1. The Hall–Kier alpha value is -4.00. The lowest BCUT2D eigenvalue weighted by Crippen LogP contribution is -2.34. The number of carbonyl (C=O) groups excluding carboxylic acids is 3. The summed E-state index contributed by atoms with van der Waals surface area (Å²) in [4.78, 5) is 40.2. The van der Waals surface area contributed by atoms with Crippen LogP contribution in [0.25, 0.3) is 0 Å². The van der Waals surface area contributed by atoms with Gasteiger partial charge in [0.15, 0.2) is 0 Å². The Bertz CT molecular complexity index is 974. The molecule has 0 aliphatic carbocycles. The lowest BCUT2D eigenvalue weighted by molar-refractivity contribution is 0.0927. The largest absolute Gasteiger partial charge is 0.350 e. The first-order valence-corrected chi connectivity index (χ1v) is 9.07. The van der Waals surface area contributed by atoms with E-state index in [1.165, 1.54) is 0 Å².